The number of aromatic carboxylic acids is 1. The summed E-state index contributed by atoms with van der Waals surface area (Å²) in [4.78, 5) is 15.0. The maximum Gasteiger partial charge on any atom is 0.335 e. The van der Waals surface area contributed by atoms with E-state index in [1.54, 1.807) is 12.1 Å². The van der Waals surface area contributed by atoms with Crippen molar-refractivity contribution in [3.63, 3.8) is 0 Å². The van der Waals surface area contributed by atoms with E-state index in [1.807, 2.05) is 0 Å². The van der Waals surface area contributed by atoms with Gasteiger partial charge in [0.1, 0.15) is 5.82 Å². The molecule has 0 saturated heterocycles. The van der Waals surface area contributed by atoms with E-state index in [1.165, 1.54) is 35.0 Å². The fourth-order valence-corrected chi connectivity index (χ4v) is 1.76. The number of hydrogen-bond acceptors (Lipinski definition) is 3. The first-order valence-electron chi connectivity index (χ1n) is 5.49. The number of benzene rings is 1. The van der Waals surface area contributed by atoms with Crippen LogP contribution in [0.15, 0.2) is 42.6 Å². The van der Waals surface area contributed by atoms with Gasteiger partial charge in [0.15, 0.2) is 11.5 Å². The minimum atomic E-state index is -1.03. The maximum atomic E-state index is 13.1. The van der Waals surface area contributed by atoms with Gasteiger partial charge in [-0.25, -0.2) is 18.7 Å². The molecule has 0 aliphatic carbocycles. The van der Waals surface area contributed by atoms with Crippen LogP contribution in [0.1, 0.15) is 10.4 Å². The first kappa shape index (κ1) is 11.3. The van der Waals surface area contributed by atoms with Gasteiger partial charge in [0, 0.05) is 11.8 Å². The molecule has 0 aliphatic rings. The highest BCUT2D eigenvalue weighted by Gasteiger charge is 2.09. The first-order chi connectivity index (χ1) is 9.13. The number of aromatic nitrogens is 3. The van der Waals surface area contributed by atoms with Crippen molar-refractivity contribution < 1.29 is 14.3 Å². The lowest BCUT2D eigenvalue weighted by atomic mass is 10.2. The topological polar surface area (TPSA) is 67.5 Å². The molecule has 0 fully saturated rings. The summed E-state index contributed by atoms with van der Waals surface area (Å²) in [5.74, 6) is -1.05. The molecule has 1 aromatic carbocycles. The van der Waals surface area contributed by atoms with Gasteiger partial charge in [-0.15, -0.1) is 5.10 Å². The molecule has 0 spiro atoms. The van der Waals surface area contributed by atoms with Crippen molar-refractivity contribution in [1.82, 2.24) is 14.6 Å². The first-order valence-corrected chi connectivity index (χ1v) is 5.49. The molecule has 94 valence electrons. The summed E-state index contributed by atoms with van der Waals surface area (Å²) in [6.45, 7) is 0. The van der Waals surface area contributed by atoms with Gasteiger partial charge in [-0.2, -0.15) is 0 Å². The van der Waals surface area contributed by atoms with E-state index < -0.39 is 5.97 Å². The summed E-state index contributed by atoms with van der Waals surface area (Å²) in [5.41, 5.74) is 1.07. The highest BCUT2D eigenvalue weighted by molar-refractivity contribution is 5.88. The van der Waals surface area contributed by atoms with Gasteiger partial charge < -0.3 is 5.11 Å². The second kappa shape index (κ2) is 4.16. The van der Waals surface area contributed by atoms with Gasteiger partial charge in [0.05, 0.1) is 5.56 Å². The predicted octanol–water partition coefficient (Wildman–Crippen LogP) is 2.23. The fraction of sp³-hybridized carbons (Fsp3) is 0. The largest absolute Gasteiger partial charge is 0.478 e. The van der Waals surface area contributed by atoms with Crippen LogP contribution in [0.5, 0.6) is 0 Å². The van der Waals surface area contributed by atoms with Crippen molar-refractivity contribution in [2.24, 2.45) is 0 Å². The molecule has 0 bridgehead atoms. The predicted molar refractivity (Wildman–Crippen MR) is 65.3 cm³/mol. The van der Waals surface area contributed by atoms with Crippen molar-refractivity contribution in [3.05, 3.63) is 54.0 Å². The van der Waals surface area contributed by atoms with E-state index in [4.69, 9.17) is 5.11 Å². The lowest BCUT2D eigenvalue weighted by Gasteiger charge is -1.93. The Morgan fingerprint density at radius 2 is 2.11 bits per heavy atom. The standard InChI is InChI=1S/C13H8FN3O2/c14-10-3-1-2-8(6-10)12-15-11-7-9(13(18)19)4-5-17(11)16-12/h1-7H,(H,18,19). The monoisotopic (exact) mass is 257 g/mol. The van der Waals surface area contributed by atoms with Crippen molar-refractivity contribution in [2.45, 2.75) is 0 Å². The lowest BCUT2D eigenvalue weighted by Crippen LogP contribution is -1.97. The molecule has 2 aromatic heterocycles. The number of carboxylic acid groups (broad SMARTS) is 1. The number of carboxylic acids is 1. The zero-order valence-corrected chi connectivity index (χ0v) is 9.62. The summed E-state index contributed by atoms with van der Waals surface area (Å²) in [7, 11) is 0. The second-order valence-electron chi connectivity index (χ2n) is 3.97. The van der Waals surface area contributed by atoms with Crippen molar-refractivity contribution in [1.29, 1.82) is 0 Å². The Hall–Kier alpha value is -2.76. The number of halogens is 1. The molecule has 19 heavy (non-hydrogen) atoms. The number of pyridine rings is 1. The van der Waals surface area contributed by atoms with Crippen LogP contribution in [0, 0.1) is 5.82 Å². The normalized spacial score (nSPS) is 10.8. The van der Waals surface area contributed by atoms with Gasteiger partial charge in [-0.05, 0) is 24.3 Å². The van der Waals surface area contributed by atoms with Crippen LogP contribution in [0.4, 0.5) is 4.39 Å². The molecule has 3 rings (SSSR count). The highest BCUT2D eigenvalue weighted by atomic mass is 19.1. The molecule has 0 atom stereocenters. The Morgan fingerprint density at radius 1 is 1.26 bits per heavy atom. The molecule has 2 heterocycles. The van der Waals surface area contributed by atoms with E-state index in [2.05, 4.69) is 10.1 Å². The average molecular weight is 257 g/mol. The van der Waals surface area contributed by atoms with Gasteiger partial charge in [-0.3, -0.25) is 0 Å². The van der Waals surface area contributed by atoms with E-state index >= 15 is 0 Å². The Balaban J connectivity index is 2.14. The fourth-order valence-electron chi connectivity index (χ4n) is 1.76. The van der Waals surface area contributed by atoms with Crippen molar-refractivity contribution in [2.75, 3.05) is 0 Å². The van der Waals surface area contributed by atoms with Crippen LogP contribution in [-0.4, -0.2) is 25.7 Å². The van der Waals surface area contributed by atoms with E-state index in [0.717, 1.165) is 0 Å². The van der Waals surface area contributed by atoms with Crippen LogP contribution in [0.3, 0.4) is 0 Å². The van der Waals surface area contributed by atoms with Gasteiger partial charge in [-0.1, -0.05) is 12.1 Å². The average Bonchev–Trinajstić information content (AvgIpc) is 2.81. The molecule has 5 nitrogen and oxygen atoms in total. The minimum absolute atomic E-state index is 0.130. The zero-order valence-electron chi connectivity index (χ0n) is 9.62. The second-order valence-corrected chi connectivity index (χ2v) is 3.97. The van der Waals surface area contributed by atoms with Crippen LogP contribution >= 0.6 is 0 Å². The van der Waals surface area contributed by atoms with Crippen molar-refractivity contribution >= 4 is 11.6 Å². The van der Waals surface area contributed by atoms with E-state index in [9.17, 15) is 9.18 Å². The minimum Gasteiger partial charge on any atom is -0.478 e. The SMILES string of the molecule is O=C(O)c1ccn2nc(-c3cccc(F)c3)nc2c1. The van der Waals surface area contributed by atoms with Gasteiger partial charge in [0.2, 0.25) is 0 Å². The number of rotatable bonds is 2. The quantitative estimate of drug-likeness (QED) is 0.764. The summed E-state index contributed by atoms with van der Waals surface area (Å²) in [6.07, 6.45) is 1.51. The smallest absolute Gasteiger partial charge is 0.335 e. The highest BCUT2D eigenvalue weighted by Crippen LogP contribution is 2.17. The van der Waals surface area contributed by atoms with Crippen LogP contribution in [0.25, 0.3) is 17.0 Å². The molecular formula is C13H8FN3O2. The molecule has 0 aliphatic heterocycles. The summed E-state index contributed by atoms with van der Waals surface area (Å²) >= 11 is 0. The molecule has 0 radical (unpaired) electrons. The number of fused-ring (bicyclic) bond motifs is 1. The Bertz CT molecular complexity index is 782. The third-order valence-electron chi connectivity index (χ3n) is 2.67. The zero-order chi connectivity index (χ0) is 13.4. The van der Waals surface area contributed by atoms with Gasteiger partial charge in [0.25, 0.3) is 0 Å². The summed E-state index contributed by atoms with van der Waals surface area (Å²) in [5, 5.41) is 13.1. The maximum absolute atomic E-state index is 13.1. The summed E-state index contributed by atoms with van der Waals surface area (Å²) < 4.78 is 14.6. The van der Waals surface area contributed by atoms with Crippen LogP contribution < -0.4 is 0 Å². The molecule has 1 N–H and O–H groups in total. The Labute approximate surface area is 107 Å². The van der Waals surface area contributed by atoms with E-state index in [-0.39, 0.29) is 11.4 Å². The Kier molecular flexibility index (Phi) is 2.49. The van der Waals surface area contributed by atoms with E-state index in [0.29, 0.717) is 17.0 Å². The molecular weight excluding hydrogens is 249 g/mol. The number of hydrogen-bond donors (Lipinski definition) is 1. The van der Waals surface area contributed by atoms with Crippen LogP contribution in [0.2, 0.25) is 0 Å². The molecule has 0 amide bonds. The molecule has 6 heteroatoms. The van der Waals surface area contributed by atoms with Gasteiger partial charge >= 0.3 is 5.97 Å². The van der Waals surface area contributed by atoms with Crippen molar-refractivity contribution in [3.8, 4) is 11.4 Å². The number of carbonyl (C=O) groups is 1. The molecule has 3 aromatic rings. The number of nitrogens with zero attached hydrogens (tertiary/aromatic N) is 3. The summed E-state index contributed by atoms with van der Waals surface area (Å²) in [6, 6.07) is 8.77. The Morgan fingerprint density at radius 3 is 2.84 bits per heavy atom. The molecule has 0 unspecified atom stereocenters. The lowest BCUT2D eigenvalue weighted by molar-refractivity contribution is 0.0697. The third kappa shape index (κ3) is 2.03. The third-order valence-corrected chi connectivity index (χ3v) is 2.67. The molecule has 0 saturated carbocycles. The van der Waals surface area contributed by atoms with Crippen LogP contribution in [-0.2, 0) is 0 Å².